The van der Waals surface area contributed by atoms with E-state index in [-0.39, 0.29) is 35.2 Å². The summed E-state index contributed by atoms with van der Waals surface area (Å²) in [6.45, 7) is 1.79. The van der Waals surface area contributed by atoms with Crippen molar-refractivity contribution in [1.29, 1.82) is 0 Å². The number of hydrogen-bond donors (Lipinski definition) is 1. The molecule has 2 atom stereocenters. The normalized spacial score (nSPS) is 23.3. The number of phenolic OH excluding ortho intramolecular Hbond substituents is 1. The van der Waals surface area contributed by atoms with Crippen molar-refractivity contribution in [3.8, 4) is 11.5 Å². The second-order valence-electron chi connectivity index (χ2n) is 8.33. The molecule has 3 heterocycles. The molecule has 2 aliphatic rings. The molecule has 7 heteroatoms. The third kappa shape index (κ3) is 4.78. The number of benzene rings is 1. The molecule has 2 aliphatic heterocycles. The molecule has 0 bridgehead atoms. The topological polar surface area (TPSA) is 89.9 Å². The van der Waals surface area contributed by atoms with E-state index in [0.29, 0.717) is 43.2 Å². The van der Waals surface area contributed by atoms with E-state index in [1.807, 2.05) is 22.9 Å². The first-order chi connectivity index (χ1) is 15.4. The quantitative estimate of drug-likeness (QED) is 0.460. The molecule has 2 aromatic rings. The number of Topliss-reactive ketones (excluding diaryl/α,β-unsaturated/α-hetero) is 1. The van der Waals surface area contributed by atoms with E-state index in [4.69, 9.17) is 9.47 Å². The molecule has 1 N–H and O–H groups in total. The number of rotatable bonds is 1. The number of esters is 2. The van der Waals surface area contributed by atoms with Crippen LogP contribution in [0.25, 0.3) is 6.08 Å². The van der Waals surface area contributed by atoms with Crippen LogP contribution in [0.4, 0.5) is 0 Å². The lowest BCUT2D eigenvalue weighted by molar-refractivity contribution is -0.135. The molecular weight excluding hydrogens is 428 g/mol. The van der Waals surface area contributed by atoms with Gasteiger partial charge in [-0.15, -0.1) is 0 Å². The lowest BCUT2D eigenvalue weighted by Gasteiger charge is -2.27. The molecule has 0 amide bonds. The number of carbonyl (C=O) groups excluding carboxylic acids is 3. The third-order valence-electron chi connectivity index (χ3n) is 5.92. The van der Waals surface area contributed by atoms with Crippen LogP contribution in [0.15, 0.2) is 29.0 Å². The van der Waals surface area contributed by atoms with Crippen LogP contribution < -0.4 is 4.74 Å². The SMILES string of the molecule is CC1CCCC(=O)CCC/C=C/c2cc3c(c(O)c2C(=O)O1)C(c1ccsc1)CC(=O)O3. The first-order valence-electron chi connectivity index (χ1n) is 11.0. The van der Waals surface area contributed by atoms with Gasteiger partial charge in [0.25, 0.3) is 0 Å². The van der Waals surface area contributed by atoms with Crippen molar-refractivity contribution in [3.63, 3.8) is 0 Å². The fraction of sp³-hybridized carbons (Fsp3) is 0.400. The zero-order valence-corrected chi connectivity index (χ0v) is 18.8. The van der Waals surface area contributed by atoms with Crippen molar-refractivity contribution in [1.82, 2.24) is 0 Å². The van der Waals surface area contributed by atoms with Crippen molar-refractivity contribution >= 4 is 35.1 Å². The number of carbonyl (C=O) groups is 3. The zero-order valence-electron chi connectivity index (χ0n) is 18.0. The molecule has 0 saturated carbocycles. The monoisotopic (exact) mass is 454 g/mol. The first kappa shape index (κ1) is 22.3. The van der Waals surface area contributed by atoms with Crippen molar-refractivity contribution in [2.75, 3.05) is 0 Å². The van der Waals surface area contributed by atoms with Crippen molar-refractivity contribution < 1.29 is 29.0 Å². The number of aromatic hydroxyl groups is 1. The summed E-state index contributed by atoms with van der Waals surface area (Å²) in [5.41, 5.74) is 1.84. The number of ketones is 1. The summed E-state index contributed by atoms with van der Waals surface area (Å²) in [7, 11) is 0. The highest BCUT2D eigenvalue weighted by Crippen LogP contribution is 2.47. The zero-order chi connectivity index (χ0) is 22.7. The van der Waals surface area contributed by atoms with E-state index in [1.54, 1.807) is 19.1 Å². The molecule has 2 unspecified atom stereocenters. The molecule has 6 nitrogen and oxygen atoms in total. The summed E-state index contributed by atoms with van der Waals surface area (Å²) in [5, 5.41) is 15.1. The number of phenols is 1. The maximum Gasteiger partial charge on any atom is 0.342 e. The maximum atomic E-state index is 13.1. The van der Waals surface area contributed by atoms with Gasteiger partial charge in [-0.1, -0.05) is 12.2 Å². The van der Waals surface area contributed by atoms with Crippen molar-refractivity contribution in [2.24, 2.45) is 0 Å². The summed E-state index contributed by atoms with van der Waals surface area (Å²) in [4.78, 5) is 37.4. The van der Waals surface area contributed by atoms with E-state index in [0.717, 1.165) is 12.0 Å². The molecule has 4 rings (SSSR count). The van der Waals surface area contributed by atoms with Crippen LogP contribution in [0.5, 0.6) is 11.5 Å². The van der Waals surface area contributed by atoms with Gasteiger partial charge >= 0.3 is 11.9 Å². The highest BCUT2D eigenvalue weighted by Gasteiger charge is 2.35. The Labute approximate surface area is 190 Å². The average molecular weight is 455 g/mol. The van der Waals surface area contributed by atoms with E-state index < -0.39 is 18.0 Å². The lowest BCUT2D eigenvalue weighted by Crippen LogP contribution is -2.23. The Bertz CT molecular complexity index is 1050. The highest BCUT2D eigenvalue weighted by atomic mass is 32.1. The molecule has 32 heavy (non-hydrogen) atoms. The Morgan fingerprint density at radius 1 is 1.16 bits per heavy atom. The Kier molecular flexibility index (Phi) is 6.74. The van der Waals surface area contributed by atoms with Crippen molar-refractivity contribution in [3.05, 3.63) is 51.2 Å². The van der Waals surface area contributed by atoms with E-state index >= 15 is 0 Å². The van der Waals surface area contributed by atoms with Crippen LogP contribution in [-0.4, -0.2) is 28.9 Å². The molecule has 0 radical (unpaired) electrons. The summed E-state index contributed by atoms with van der Waals surface area (Å²) >= 11 is 1.50. The van der Waals surface area contributed by atoms with Crippen LogP contribution in [0.3, 0.4) is 0 Å². The van der Waals surface area contributed by atoms with E-state index in [9.17, 15) is 19.5 Å². The van der Waals surface area contributed by atoms with Gasteiger partial charge < -0.3 is 14.6 Å². The van der Waals surface area contributed by atoms with Gasteiger partial charge in [0.05, 0.1) is 12.5 Å². The molecular formula is C25H26O6S. The molecule has 168 valence electrons. The maximum absolute atomic E-state index is 13.1. The Hall–Kier alpha value is -2.93. The van der Waals surface area contributed by atoms with Gasteiger partial charge in [-0.2, -0.15) is 11.3 Å². The number of hydrogen-bond acceptors (Lipinski definition) is 7. The van der Waals surface area contributed by atoms with Gasteiger partial charge in [0.2, 0.25) is 0 Å². The van der Waals surface area contributed by atoms with Crippen LogP contribution in [0.2, 0.25) is 0 Å². The van der Waals surface area contributed by atoms with Gasteiger partial charge in [-0.05, 0) is 66.6 Å². The minimum atomic E-state index is -0.623. The molecule has 0 spiro atoms. The van der Waals surface area contributed by atoms with Gasteiger partial charge in [-0.3, -0.25) is 9.59 Å². The number of ether oxygens (including phenoxy) is 2. The van der Waals surface area contributed by atoms with Crippen LogP contribution in [-0.2, 0) is 14.3 Å². The van der Waals surface area contributed by atoms with E-state index in [1.165, 1.54) is 11.3 Å². The van der Waals surface area contributed by atoms with Gasteiger partial charge in [-0.25, -0.2) is 4.79 Å². The predicted molar refractivity (Wildman–Crippen MR) is 121 cm³/mol. The lowest BCUT2D eigenvalue weighted by atomic mass is 9.84. The number of fused-ring (bicyclic) bond motifs is 2. The summed E-state index contributed by atoms with van der Waals surface area (Å²) in [6.07, 6.45) is 6.88. The Morgan fingerprint density at radius 3 is 2.75 bits per heavy atom. The number of thiophene rings is 1. The molecule has 0 fully saturated rings. The predicted octanol–water partition coefficient (Wildman–Crippen LogP) is 5.38. The third-order valence-corrected chi connectivity index (χ3v) is 6.63. The smallest absolute Gasteiger partial charge is 0.342 e. The molecule has 0 aliphatic carbocycles. The minimum Gasteiger partial charge on any atom is -0.507 e. The molecule has 1 aromatic heterocycles. The minimum absolute atomic E-state index is 0.0816. The number of allylic oxidation sites excluding steroid dienone is 1. The van der Waals surface area contributed by atoms with Crippen LogP contribution >= 0.6 is 11.3 Å². The Morgan fingerprint density at radius 2 is 1.97 bits per heavy atom. The van der Waals surface area contributed by atoms with Crippen LogP contribution in [0.1, 0.15) is 84.8 Å². The first-order valence-corrected chi connectivity index (χ1v) is 11.9. The highest BCUT2D eigenvalue weighted by molar-refractivity contribution is 7.08. The Balaban J connectivity index is 1.79. The fourth-order valence-corrected chi connectivity index (χ4v) is 4.99. The summed E-state index contributed by atoms with van der Waals surface area (Å²) in [5.74, 6) is -1.13. The van der Waals surface area contributed by atoms with E-state index in [2.05, 4.69) is 0 Å². The molecule has 0 saturated heterocycles. The van der Waals surface area contributed by atoms with Gasteiger partial charge in [0, 0.05) is 24.3 Å². The molecule has 1 aromatic carbocycles. The standard InChI is InChI=1S/C25H26O6S/c1-15-6-5-9-18(26)8-4-2-3-7-16-12-20-23(24(28)22(16)25(29)30-15)19(13-21(27)31-20)17-10-11-32-14-17/h3,7,10-12,14-15,19,28H,2,4-6,8-9,13H2,1H3/b7-3+. The van der Waals surface area contributed by atoms with Crippen molar-refractivity contribution in [2.45, 2.75) is 63.9 Å². The second-order valence-corrected chi connectivity index (χ2v) is 9.11. The average Bonchev–Trinajstić information content (AvgIpc) is 3.27. The summed E-state index contributed by atoms with van der Waals surface area (Å²) in [6, 6.07) is 3.53. The summed E-state index contributed by atoms with van der Waals surface area (Å²) < 4.78 is 11.1. The van der Waals surface area contributed by atoms with Crippen LogP contribution in [0, 0.1) is 0 Å². The van der Waals surface area contributed by atoms with Gasteiger partial charge in [0.15, 0.2) is 0 Å². The van der Waals surface area contributed by atoms with Gasteiger partial charge in [0.1, 0.15) is 22.8 Å². The largest absolute Gasteiger partial charge is 0.507 e. The fourth-order valence-electron chi connectivity index (χ4n) is 4.28. The second kappa shape index (κ2) is 9.69. The number of cyclic esters (lactones) is 1.